The number of hydrogen-bond acceptors (Lipinski definition) is 3. The first-order valence-corrected chi connectivity index (χ1v) is 10.0. The van der Waals surface area contributed by atoms with Crippen molar-refractivity contribution in [1.82, 2.24) is 19.6 Å². The highest BCUT2D eigenvalue weighted by molar-refractivity contribution is 5.82. The standard InChI is InChI=1S/C23H23FN4/c1-15(22-14-28-23(27-22)3-2-11-26-28)16-4-6-17(7-5-16)19-10-12-25-21-9-8-18(24)13-20(19)21/h2-3,8-17H,4-7H2,1H3/t15-,16?,17?/m1/s1. The number of nitrogens with zero attached hydrogens (tertiary/aromatic N) is 4. The predicted molar refractivity (Wildman–Crippen MR) is 108 cm³/mol. The van der Waals surface area contributed by atoms with Gasteiger partial charge in [-0.2, -0.15) is 5.10 Å². The number of pyridine rings is 1. The summed E-state index contributed by atoms with van der Waals surface area (Å²) >= 11 is 0. The zero-order valence-corrected chi connectivity index (χ0v) is 15.9. The van der Waals surface area contributed by atoms with Crippen molar-refractivity contribution >= 4 is 16.6 Å². The third-order valence-electron chi connectivity index (χ3n) is 6.38. The van der Waals surface area contributed by atoms with E-state index >= 15 is 0 Å². The smallest absolute Gasteiger partial charge is 0.153 e. The van der Waals surface area contributed by atoms with Gasteiger partial charge in [0.1, 0.15) is 5.82 Å². The van der Waals surface area contributed by atoms with Gasteiger partial charge >= 0.3 is 0 Å². The van der Waals surface area contributed by atoms with Crippen molar-refractivity contribution in [2.45, 2.75) is 44.4 Å². The average molecular weight is 374 g/mol. The summed E-state index contributed by atoms with van der Waals surface area (Å²) in [6, 6.07) is 10.9. The van der Waals surface area contributed by atoms with Crippen LogP contribution in [0.15, 0.2) is 55.0 Å². The number of imidazole rings is 1. The maximum Gasteiger partial charge on any atom is 0.153 e. The molecule has 1 aromatic carbocycles. The molecule has 0 amide bonds. The van der Waals surface area contributed by atoms with E-state index in [4.69, 9.17) is 4.98 Å². The third kappa shape index (κ3) is 3.05. The molecule has 0 aliphatic heterocycles. The molecule has 0 saturated heterocycles. The fraction of sp³-hybridized carbons (Fsp3) is 0.348. The summed E-state index contributed by atoms with van der Waals surface area (Å²) in [7, 11) is 0. The van der Waals surface area contributed by atoms with Crippen LogP contribution in [0.5, 0.6) is 0 Å². The first kappa shape index (κ1) is 17.3. The fourth-order valence-corrected chi connectivity index (χ4v) is 4.74. The van der Waals surface area contributed by atoms with Crippen LogP contribution < -0.4 is 0 Å². The van der Waals surface area contributed by atoms with E-state index in [1.165, 1.54) is 11.6 Å². The zero-order chi connectivity index (χ0) is 19.1. The predicted octanol–water partition coefficient (Wildman–Crippen LogP) is 5.49. The van der Waals surface area contributed by atoms with Gasteiger partial charge in [-0.1, -0.05) is 6.92 Å². The van der Waals surface area contributed by atoms with Crippen LogP contribution in [0.2, 0.25) is 0 Å². The highest BCUT2D eigenvalue weighted by Gasteiger charge is 2.29. The number of fused-ring (bicyclic) bond motifs is 2. The number of hydrogen-bond donors (Lipinski definition) is 0. The average Bonchev–Trinajstić information content (AvgIpc) is 3.17. The summed E-state index contributed by atoms with van der Waals surface area (Å²) in [5.74, 6) is 1.31. The van der Waals surface area contributed by atoms with E-state index < -0.39 is 0 Å². The Bertz CT molecular complexity index is 1090. The van der Waals surface area contributed by atoms with E-state index in [0.29, 0.717) is 17.8 Å². The monoisotopic (exact) mass is 374 g/mol. The molecule has 5 heteroatoms. The van der Waals surface area contributed by atoms with Gasteiger partial charge in [-0.15, -0.1) is 0 Å². The minimum absolute atomic E-state index is 0.190. The van der Waals surface area contributed by atoms with Crippen molar-refractivity contribution in [3.05, 3.63) is 72.1 Å². The molecule has 0 spiro atoms. The van der Waals surface area contributed by atoms with Crippen LogP contribution in [0.4, 0.5) is 4.39 Å². The van der Waals surface area contributed by atoms with Gasteiger partial charge in [0.15, 0.2) is 5.65 Å². The van der Waals surface area contributed by atoms with Gasteiger partial charge in [-0.05, 0) is 79.5 Å². The number of rotatable bonds is 3. The van der Waals surface area contributed by atoms with Gasteiger partial charge in [0.25, 0.3) is 0 Å². The van der Waals surface area contributed by atoms with Gasteiger partial charge in [0.2, 0.25) is 0 Å². The Morgan fingerprint density at radius 3 is 2.75 bits per heavy atom. The molecule has 4 aromatic rings. The summed E-state index contributed by atoms with van der Waals surface area (Å²) in [6.45, 7) is 2.28. The number of halogens is 1. The van der Waals surface area contributed by atoms with E-state index in [0.717, 1.165) is 47.9 Å². The van der Waals surface area contributed by atoms with Crippen molar-refractivity contribution in [3.63, 3.8) is 0 Å². The molecule has 0 N–H and O–H groups in total. The zero-order valence-electron chi connectivity index (χ0n) is 15.9. The molecule has 1 atom stereocenters. The number of benzene rings is 1. The molecule has 0 unspecified atom stereocenters. The molecular weight excluding hydrogens is 351 g/mol. The Balaban J connectivity index is 1.34. The molecule has 1 aliphatic carbocycles. The van der Waals surface area contributed by atoms with Gasteiger partial charge in [-0.25, -0.2) is 13.9 Å². The summed E-state index contributed by atoms with van der Waals surface area (Å²) in [5.41, 5.74) is 4.15. The summed E-state index contributed by atoms with van der Waals surface area (Å²) in [5, 5.41) is 5.30. The van der Waals surface area contributed by atoms with Crippen LogP contribution >= 0.6 is 0 Å². The molecule has 28 heavy (non-hydrogen) atoms. The van der Waals surface area contributed by atoms with Crippen LogP contribution in [0.1, 0.15) is 55.7 Å². The van der Waals surface area contributed by atoms with Gasteiger partial charge in [0.05, 0.1) is 17.4 Å². The van der Waals surface area contributed by atoms with E-state index in [2.05, 4.69) is 29.3 Å². The lowest BCUT2D eigenvalue weighted by atomic mass is 9.73. The van der Waals surface area contributed by atoms with Crippen LogP contribution in [0, 0.1) is 11.7 Å². The van der Waals surface area contributed by atoms with E-state index in [1.807, 2.05) is 22.8 Å². The molecule has 0 radical (unpaired) electrons. The van der Waals surface area contributed by atoms with E-state index in [1.54, 1.807) is 18.3 Å². The quantitative estimate of drug-likeness (QED) is 0.476. The first-order valence-electron chi connectivity index (χ1n) is 10.0. The lowest BCUT2D eigenvalue weighted by Gasteiger charge is -2.32. The van der Waals surface area contributed by atoms with Crippen molar-refractivity contribution in [2.75, 3.05) is 0 Å². The fourth-order valence-electron chi connectivity index (χ4n) is 4.74. The lowest BCUT2D eigenvalue weighted by molar-refractivity contribution is 0.289. The first-order chi connectivity index (χ1) is 13.7. The van der Waals surface area contributed by atoms with Gasteiger partial charge < -0.3 is 0 Å². The Labute approximate surface area is 163 Å². The minimum atomic E-state index is -0.190. The van der Waals surface area contributed by atoms with Crippen molar-refractivity contribution in [2.24, 2.45) is 5.92 Å². The molecule has 3 aromatic heterocycles. The second kappa shape index (κ2) is 6.97. The molecule has 142 valence electrons. The van der Waals surface area contributed by atoms with Crippen LogP contribution in [0.25, 0.3) is 16.6 Å². The van der Waals surface area contributed by atoms with Gasteiger partial charge in [0, 0.05) is 23.7 Å². The van der Waals surface area contributed by atoms with Crippen LogP contribution in [-0.4, -0.2) is 19.6 Å². The van der Waals surface area contributed by atoms with Crippen LogP contribution in [0.3, 0.4) is 0 Å². The number of aromatic nitrogens is 4. The largest absolute Gasteiger partial charge is 0.256 e. The Morgan fingerprint density at radius 1 is 1.07 bits per heavy atom. The normalized spacial score (nSPS) is 21.2. The Kier molecular flexibility index (Phi) is 4.30. The molecular formula is C23H23FN4. The Morgan fingerprint density at radius 2 is 1.93 bits per heavy atom. The second-order valence-corrected chi connectivity index (χ2v) is 7.95. The highest BCUT2D eigenvalue weighted by atomic mass is 19.1. The second-order valence-electron chi connectivity index (χ2n) is 7.95. The summed E-state index contributed by atoms with van der Waals surface area (Å²) in [4.78, 5) is 9.16. The molecule has 5 rings (SSSR count). The van der Waals surface area contributed by atoms with Crippen molar-refractivity contribution < 1.29 is 4.39 Å². The summed E-state index contributed by atoms with van der Waals surface area (Å²) in [6.07, 6.45) is 10.3. The SMILES string of the molecule is C[C@@H](c1cn2ncccc2n1)C1CCC(c2ccnc3ccc(F)cc23)CC1. The molecule has 4 nitrogen and oxygen atoms in total. The molecule has 0 bridgehead atoms. The van der Waals surface area contributed by atoms with E-state index in [-0.39, 0.29) is 5.82 Å². The highest BCUT2D eigenvalue weighted by Crippen LogP contribution is 2.42. The lowest BCUT2D eigenvalue weighted by Crippen LogP contribution is -2.18. The molecule has 3 heterocycles. The third-order valence-corrected chi connectivity index (χ3v) is 6.38. The topological polar surface area (TPSA) is 43.1 Å². The minimum Gasteiger partial charge on any atom is -0.256 e. The van der Waals surface area contributed by atoms with Crippen molar-refractivity contribution in [1.29, 1.82) is 0 Å². The maximum atomic E-state index is 13.8. The Hall–Kier alpha value is -2.82. The van der Waals surface area contributed by atoms with E-state index in [9.17, 15) is 4.39 Å². The molecule has 1 fully saturated rings. The van der Waals surface area contributed by atoms with Gasteiger partial charge in [-0.3, -0.25) is 4.98 Å². The van der Waals surface area contributed by atoms with Crippen LogP contribution in [-0.2, 0) is 0 Å². The van der Waals surface area contributed by atoms with Crippen molar-refractivity contribution in [3.8, 4) is 0 Å². The molecule has 1 saturated carbocycles. The summed E-state index contributed by atoms with van der Waals surface area (Å²) < 4.78 is 15.6. The molecule has 1 aliphatic rings. The maximum absolute atomic E-state index is 13.8.